The summed E-state index contributed by atoms with van der Waals surface area (Å²) in [5, 5.41) is 8.76. The zero-order chi connectivity index (χ0) is 23.6. The number of carbonyl (C=O) groups is 1. The molecular formula is C20H15Cl2F3N2O4S. The van der Waals surface area contributed by atoms with Crippen LogP contribution in [0.3, 0.4) is 0 Å². The van der Waals surface area contributed by atoms with E-state index in [0.29, 0.717) is 0 Å². The Bertz CT molecular complexity index is 1200. The number of allylic oxidation sites excluding steroid dienone is 1. The molecule has 0 aromatic heterocycles. The van der Waals surface area contributed by atoms with Gasteiger partial charge in [-0.2, -0.15) is 0 Å². The lowest BCUT2D eigenvalue weighted by Crippen LogP contribution is -2.32. The van der Waals surface area contributed by atoms with Gasteiger partial charge in [0.25, 0.3) is 10.0 Å². The number of carboxylic acids is 1. The van der Waals surface area contributed by atoms with Gasteiger partial charge in [0.15, 0.2) is 5.82 Å². The summed E-state index contributed by atoms with van der Waals surface area (Å²) in [4.78, 5) is 14.7. The molecule has 2 aromatic carbocycles. The first-order valence-corrected chi connectivity index (χ1v) is 11.2. The van der Waals surface area contributed by atoms with Gasteiger partial charge in [-0.1, -0.05) is 29.3 Å². The fraction of sp³-hybridized carbons (Fsp3) is 0.200. The van der Waals surface area contributed by atoms with Gasteiger partial charge in [0.2, 0.25) is 6.43 Å². The molecule has 170 valence electrons. The van der Waals surface area contributed by atoms with Gasteiger partial charge < -0.3 is 5.11 Å². The molecule has 0 spiro atoms. The highest BCUT2D eigenvalue weighted by atomic mass is 35.5. The lowest BCUT2D eigenvalue weighted by atomic mass is 10.1. The Morgan fingerprint density at radius 3 is 2.38 bits per heavy atom. The van der Waals surface area contributed by atoms with Crippen LogP contribution in [0.2, 0.25) is 5.02 Å². The molecule has 1 heterocycles. The van der Waals surface area contributed by atoms with Crippen molar-refractivity contribution in [2.45, 2.75) is 24.3 Å². The second-order valence-corrected chi connectivity index (χ2v) is 9.51. The van der Waals surface area contributed by atoms with E-state index in [1.165, 1.54) is 6.07 Å². The summed E-state index contributed by atoms with van der Waals surface area (Å²) in [7, 11) is -4.39. The lowest BCUT2D eigenvalue weighted by molar-refractivity contribution is 0.0696. The highest BCUT2D eigenvalue weighted by Gasteiger charge is 2.33. The summed E-state index contributed by atoms with van der Waals surface area (Å²) >= 11 is 12.2. The monoisotopic (exact) mass is 506 g/mol. The van der Waals surface area contributed by atoms with Crippen LogP contribution < -0.4 is 0 Å². The first-order valence-electron chi connectivity index (χ1n) is 9.01. The number of nitrogens with zero attached hydrogens (tertiary/aromatic N) is 2. The van der Waals surface area contributed by atoms with Gasteiger partial charge in [-0.25, -0.2) is 35.7 Å². The fourth-order valence-corrected chi connectivity index (χ4v) is 4.95. The molecule has 0 bridgehead atoms. The minimum atomic E-state index is -4.39. The van der Waals surface area contributed by atoms with Crippen LogP contribution >= 0.6 is 23.2 Å². The molecule has 0 radical (unpaired) electrons. The van der Waals surface area contributed by atoms with Gasteiger partial charge in [-0.3, -0.25) is 0 Å². The lowest BCUT2D eigenvalue weighted by Gasteiger charge is -2.28. The van der Waals surface area contributed by atoms with Crippen molar-refractivity contribution in [1.29, 1.82) is 0 Å². The van der Waals surface area contributed by atoms with E-state index in [-0.39, 0.29) is 38.3 Å². The van der Waals surface area contributed by atoms with Crippen LogP contribution in [0.5, 0.6) is 0 Å². The molecule has 0 amide bonds. The number of halogens is 5. The maximum absolute atomic E-state index is 13.4. The van der Waals surface area contributed by atoms with E-state index in [1.54, 1.807) is 0 Å². The van der Waals surface area contributed by atoms with Crippen LogP contribution in [0, 0.1) is 11.7 Å². The quantitative estimate of drug-likeness (QED) is 0.563. The molecule has 32 heavy (non-hydrogen) atoms. The smallest absolute Gasteiger partial charge is 0.335 e. The summed E-state index contributed by atoms with van der Waals surface area (Å²) < 4.78 is 67.1. The number of sulfonamides is 1. The van der Waals surface area contributed by atoms with Crippen LogP contribution in [0.25, 0.3) is 0 Å². The maximum atomic E-state index is 13.4. The molecule has 0 aliphatic carbocycles. The second-order valence-electron chi connectivity index (χ2n) is 6.79. The first kappa shape index (κ1) is 24.1. The van der Waals surface area contributed by atoms with Crippen molar-refractivity contribution in [2.24, 2.45) is 10.9 Å². The molecule has 1 aliphatic rings. The van der Waals surface area contributed by atoms with Crippen LogP contribution in [-0.2, 0) is 16.6 Å². The Kier molecular flexibility index (Phi) is 7.16. The van der Waals surface area contributed by atoms with Gasteiger partial charge in [0, 0.05) is 17.7 Å². The molecular weight excluding hydrogens is 492 g/mol. The number of alkyl halides is 2. The van der Waals surface area contributed by atoms with Crippen molar-refractivity contribution in [3.63, 3.8) is 0 Å². The molecule has 0 saturated heterocycles. The predicted molar refractivity (Wildman–Crippen MR) is 113 cm³/mol. The third-order valence-electron chi connectivity index (χ3n) is 4.62. The normalized spacial score (nSPS) is 16.5. The topological polar surface area (TPSA) is 87.0 Å². The fourth-order valence-electron chi connectivity index (χ4n) is 2.92. The Labute approximate surface area is 191 Å². The van der Waals surface area contributed by atoms with Gasteiger partial charge in [-0.05, 0) is 42.0 Å². The van der Waals surface area contributed by atoms with Crippen molar-refractivity contribution in [1.82, 2.24) is 4.31 Å². The van der Waals surface area contributed by atoms with Crippen molar-refractivity contribution < 1.29 is 31.5 Å². The van der Waals surface area contributed by atoms with Crippen molar-refractivity contribution in [3.8, 4) is 0 Å². The molecule has 0 saturated carbocycles. The number of hydrogen-bond acceptors (Lipinski definition) is 4. The Morgan fingerprint density at radius 2 is 1.84 bits per heavy atom. The minimum Gasteiger partial charge on any atom is -0.478 e. The number of benzene rings is 2. The van der Waals surface area contributed by atoms with Gasteiger partial charge in [0.05, 0.1) is 28.0 Å². The number of hydrogen-bond donors (Lipinski definition) is 1. The maximum Gasteiger partial charge on any atom is 0.335 e. The SMILES string of the molecule is O=C(O)c1ccc(S(=O)(=O)N(Cc2ccc(F)cc2Cl)C2=C(Cl)CC(C(F)F)C=N2)cc1. The van der Waals surface area contributed by atoms with Gasteiger partial charge in [0.1, 0.15) is 5.82 Å². The van der Waals surface area contributed by atoms with Crippen molar-refractivity contribution >= 4 is 45.4 Å². The minimum absolute atomic E-state index is 0.0617. The van der Waals surface area contributed by atoms with E-state index in [0.717, 1.165) is 46.9 Å². The van der Waals surface area contributed by atoms with Crippen LogP contribution in [-0.4, -0.2) is 36.4 Å². The standard InChI is InChI=1S/C20H15Cl2F3N2O4S/c21-16-8-14(23)4-1-12(16)10-27(19-17(22)7-13(9-26-19)18(24)25)32(30,31)15-5-2-11(3-6-15)20(28)29/h1-6,8-9,13,18H,7,10H2,(H,28,29). The average Bonchev–Trinajstić information content (AvgIpc) is 2.73. The van der Waals surface area contributed by atoms with E-state index < -0.39 is 40.7 Å². The molecule has 1 aliphatic heterocycles. The predicted octanol–water partition coefficient (Wildman–Crippen LogP) is 5.13. The van der Waals surface area contributed by atoms with Crippen molar-refractivity contribution in [3.05, 3.63) is 75.3 Å². The van der Waals surface area contributed by atoms with E-state index >= 15 is 0 Å². The number of aromatic carboxylic acids is 1. The highest BCUT2D eigenvalue weighted by Crippen LogP contribution is 2.34. The molecule has 3 rings (SSSR count). The zero-order valence-electron chi connectivity index (χ0n) is 16.1. The number of rotatable bonds is 7. The van der Waals surface area contributed by atoms with E-state index in [9.17, 15) is 26.4 Å². The van der Waals surface area contributed by atoms with Crippen LogP contribution in [0.1, 0.15) is 22.3 Å². The number of aliphatic imine (C=N–C) groups is 1. The number of carboxylic acid groups (broad SMARTS) is 1. The highest BCUT2D eigenvalue weighted by molar-refractivity contribution is 7.89. The van der Waals surface area contributed by atoms with Crippen molar-refractivity contribution in [2.75, 3.05) is 0 Å². The van der Waals surface area contributed by atoms with E-state index in [2.05, 4.69) is 4.99 Å². The molecule has 6 nitrogen and oxygen atoms in total. The molecule has 1 unspecified atom stereocenters. The van der Waals surface area contributed by atoms with E-state index in [4.69, 9.17) is 28.3 Å². The molecule has 1 N–H and O–H groups in total. The Balaban J connectivity index is 2.08. The molecule has 1 atom stereocenters. The largest absolute Gasteiger partial charge is 0.478 e. The van der Waals surface area contributed by atoms with Gasteiger partial charge >= 0.3 is 5.97 Å². The third-order valence-corrected chi connectivity index (χ3v) is 7.05. The summed E-state index contributed by atoms with van der Waals surface area (Å²) in [6.45, 7) is -0.426. The van der Waals surface area contributed by atoms with Crippen LogP contribution in [0.4, 0.5) is 13.2 Å². The Hall–Kier alpha value is -2.56. The summed E-state index contributed by atoms with van der Waals surface area (Å²) in [6, 6.07) is 7.73. The second kappa shape index (κ2) is 9.51. The third kappa shape index (κ3) is 5.08. The Morgan fingerprint density at radius 1 is 1.19 bits per heavy atom. The van der Waals surface area contributed by atoms with E-state index in [1.807, 2.05) is 0 Å². The first-order chi connectivity index (χ1) is 15.0. The zero-order valence-corrected chi connectivity index (χ0v) is 18.4. The molecule has 0 fully saturated rings. The summed E-state index contributed by atoms with van der Waals surface area (Å²) in [5.74, 6) is -3.44. The molecule has 12 heteroatoms. The summed E-state index contributed by atoms with van der Waals surface area (Å²) in [6.07, 6.45) is -2.15. The molecule has 2 aromatic rings. The average molecular weight is 507 g/mol. The van der Waals surface area contributed by atoms with Crippen LogP contribution in [0.15, 0.2) is 63.2 Å². The van der Waals surface area contributed by atoms with Gasteiger partial charge in [-0.15, -0.1) is 0 Å². The summed E-state index contributed by atoms with van der Waals surface area (Å²) in [5.41, 5.74) is 0.0757.